The number of nitrogens with two attached hydrogens (primary N) is 1. The Morgan fingerprint density at radius 3 is 2.30 bits per heavy atom. The Bertz CT molecular complexity index is 444. The summed E-state index contributed by atoms with van der Waals surface area (Å²) >= 11 is 0. The van der Waals surface area contributed by atoms with Crippen LogP contribution in [0.15, 0.2) is 24.3 Å². The molecule has 0 heterocycles. The van der Waals surface area contributed by atoms with Crippen LogP contribution < -0.4 is 15.8 Å². The summed E-state index contributed by atoms with van der Waals surface area (Å²) in [4.78, 5) is 12.0. The second kappa shape index (κ2) is 7.29. The molecule has 0 saturated heterocycles. The van der Waals surface area contributed by atoms with Crippen molar-refractivity contribution >= 4 is 5.91 Å². The summed E-state index contributed by atoms with van der Waals surface area (Å²) in [5.74, 6) is 0.782. The van der Waals surface area contributed by atoms with Crippen LogP contribution in [0.3, 0.4) is 0 Å². The van der Waals surface area contributed by atoms with Crippen molar-refractivity contribution in [2.75, 3.05) is 0 Å². The minimum absolute atomic E-state index is 0.0944. The van der Waals surface area contributed by atoms with E-state index in [4.69, 9.17) is 10.5 Å². The van der Waals surface area contributed by atoms with Crippen LogP contribution in [0.2, 0.25) is 0 Å². The molecule has 1 amide bonds. The van der Waals surface area contributed by atoms with E-state index in [2.05, 4.69) is 5.32 Å². The van der Waals surface area contributed by atoms with Gasteiger partial charge in [-0.15, -0.1) is 0 Å². The number of rotatable bonds is 6. The fourth-order valence-electron chi connectivity index (χ4n) is 1.89. The lowest BCUT2D eigenvalue weighted by Gasteiger charge is -2.22. The summed E-state index contributed by atoms with van der Waals surface area (Å²) in [6.45, 7) is 9.77. The van der Waals surface area contributed by atoms with Crippen LogP contribution in [0.25, 0.3) is 0 Å². The molecule has 4 nitrogen and oxygen atoms in total. The van der Waals surface area contributed by atoms with E-state index in [1.165, 1.54) is 0 Å². The predicted molar refractivity (Wildman–Crippen MR) is 81.6 cm³/mol. The third kappa shape index (κ3) is 4.53. The topological polar surface area (TPSA) is 64.3 Å². The van der Waals surface area contributed by atoms with Gasteiger partial charge in [0.1, 0.15) is 5.75 Å². The van der Waals surface area contributed by atoms with Crippen LogP contribution in [-0.4, -0.2) is 18.1 Å². The summed E-state index contributed by atoms with van der Waals surface area (Å²) in [7, 11) is 0. The van der Waals surface area contributed by atoms with E-state index in [1.54, 1.807) is 0 Å². The number of ether oxygens (including phenoxy) is 1. The Kier molecular flexibility index (Phi) is 6.02. The largest absolute Gasteiger partial charge is 0.491 e. The van der Waals surface area contributed by atoms with Crippen LogP contribution >= 0.6 is 0 Å². The molecule has 20 heavy (non-hydrogen) atoms. The number of hydrogen-bond donors (Lipinski definition) is 2. The molecule has 112 valence electrons. The minimum atomic E-state index is -0.490. The van der Waals surface area contributed by atoms with E-state index in [-0.39, 0.29) is 24.0 Å². The molecule has 0 aromatic heterocycles. The van der Waals surface area contributed by atoms with Crippen molar-refractivity contribution in [3.63, 3.8) is 0 Å². The van der Waals surface area contributed by atoms with E-state index < -0.39 is 6.04 Å². The number of nitrogens with one attached hydrogen (secondary N) is 1. The molecule has 4 heteroatoms. The highest BCUT2D eigenvalue weighted by Crippen LogP contribution is 2.25. The Hall–Kier alpha value is -1.55. The molecule has 0 spiro atoms. The van der Waals surface area contributed by atoms with Crippen LogP contribution in [0, 0.1) is 5.92 Å². The van der Waals surface area contributed by atoms with Gasteiger partial charge < -0.3 is 15.8 Å². The van der Waals surface area contributed by atoms with Crippen molar-refractivity contribution in [2.24, 2.45) is 11.7 Å². The van der Waals surface area contributed by atoms with Gasteiger partial charge in [0.05, 0.1) is 18.2 Å². The first kappa shape index (κ1) is 16.5. The van der Waals surface area contributed by atoms with Gasteiger partial charge in [0.15, 0.2) is 0 Å². The molecule has 0 aliphatic heterocycles. The zero-order valence-electron chi connectivity index (χ0n) is 13.0. The van der Waals surface area contributed by atoms with Crippen LogP contribution in [0.4, 0.5) is 0 Å². The van der Waals surface area contributed by atoms with Crippen LogP contribution in [0.5, 0.6) is 5.75 Å². The lowest BCUT2D eigenvalue weighted by atomic mass is 10.0. The molecule has 0 saturated carbocycles. The number of para-hydroxylation sites is 1. The Morgan fingerprint density at radius 2 is 1.75 bits per heavy atom. The first-order chi connectivity index (χ1) is 9.32. The van der Waals surface area contributed by atoms with Gasteiger partial charge in [0.2, 0.25) is 5.91 Å². The standard InChI is InChI=1S/C16H26N2O2/c1-10(2)15(17)16(19)18-12(5)13-8-6-7-9-14(13)20-11(3)4/h6-12,15H,17H2,1-5H3,(H,18,19)/t12?,15-/m0/s1. The van der Waals surface area contributed by atoms with Gasteiger partial charge in [-0.2, -0.15) is 0 Å². The summed E-state index contributed by atoms with van der Waals surface area (Å²) < 4.78 is 5.77. The average Bonchev–Trinajstić information content (AvgIpc) is 2.37. The predicted octanol–water partition coefficient (Wildman–Crippen LogP) is 2.63. The van der Waals surface area contributed by atoms with Crippen molar-refractivity contribution in [1.29, 1.82) is 0 Å². The highest BCUT2D eigenvalue weighted by atomic mass is 16.5. The van der Waals surface area contributed by atoms with Crippen molar-refractivity contribution in [2.45, 2.75) is 52.8 Å². The summed E-state index contributed by atoms with van der Waals surface area (Å²) in [6.07, 6.45) is 0.0944. The first-order valence-corrected chi connectivity index (χ1v) is 7.14. The van der Waals surface area contributed by atoms with Gasteiger partial charge in [-0.05, 0) is 32.8 Å². The summed E-state index contributed by atoms with van der Waals surface area (Å²) in [6, 6.07) is 7.12. The summed E-state index contributed by atoms with van der Waals surface area (Å²) in [5.41, 5.74) is 6.83. The number of benzene rings is 1. The van der Waals surface area contributed by atoms with E-state index in [0.29, 0.717) is 0 Å². The monoisotopic (exact) mass is 278 g/mol. The van der Waals surface area contributed by atoms with Gasteiger partial charge in [-0.1, -0.05) is 32.0 Å². The maximum atomic E-state index is 12.0. The van der Waals surface area contributed by atoms with Crippen molar-refractivity contribution in [3.05, 3.63) is 29.8 Å². The van der Waals surface area contributed by atoms with Gasteiger partial charge >= 0.3 is 0 Å². The van der Waals surface area contributed by atoms with E-state index in [0.717, 1.165) is 11.3 Å². The zero-order valence-corrected chi connectivity index (χ0v) is 13.0. The molecular weight excluding hydrogens is 252 g/mol. The number of carbonyl (C=O) groups is 1. The number of hydrogen-bond acceptors (Lipinski definition) is 3. The quantitative estimate of drug-likeness (QED) is 0.840. The molecule has 1 unspecified atom stereocenters. The molecule has 1 aromatic rings. The van der Waals surface area contributed by atoms with Crippen molar-refractivity contribution in [3.8, 4) is 5.75 Å². The lowest BCUT2D eigenvalue weighted by Crippen LogP contribution is -2.44. The molecule has 1 rings (SSSR count). The van der Waals surface area contributed by atoms with Gasteiger partial charge in [-0.25, -0.2) is 0 Å². The fraction of sp³-hybridized carbons (Fsp3) is 0.562. The Balaban J connectivity index is 2.82. The first-order valence-electron chi connectivity index (χ1n) is 7.14. The molecule has 0 fully saturated rings. The van der Waals surface area contributed by atoms with E-state index in [9.17, 15) is 4.79 Å². The van der Waals surface area contributed by atoms with Crippen molar-refractivity contribution < 1.29 is 9.53 Å². The molecule has 1 aromatic carbocycles. The minimum Gasteiger partial charge on any atom is -0.491 e. The number of carbonyl (C=O) groups excluding carboxylic acids is 1. The summed E-state index contributed by atoms with van der Waals surface area (Å²) in [5, 5.41) is 2.95. The highest BCUT2D eigenvalue weighted by Gasteiger charge is 2.21. The van der Waals surface area contributed by atoms with Gasteiger partial charge in [-0.3, -0.25) is 4.79 Å². The van der Waals surface area contributed by atoms with Crippen molar-refractivity contribution in [1.82, 2.24) is 5.32 Å². The second-order valence-electron chi connectivity index (χ2n) is 5.70. The molecule has 3 N–H and O–H groups in total. The zero-order chi connectivity index (χ0) is 15.3. The maximum absolute atomic E-state index is 12.0. The Morgan fingerprint density at radius 1 is 1.15 bits per heavy atom. The van der Waals surface area contributed by atoms with Gasteiger partial charge in [0, 0.05) is 5.56 Å². The maximum Gasteiger partial charge on any atom is 0.237 e. The van der Waals surface area contributed by atoms with Crippen LogP contribution in [-0.2, 0) is 4.79 Å². The molecule has 0 aliphatic carbocycles. The molecule has 0 bridgehead atoms. The highest BCUT2D eigenvalue weighted by molar-refractivity contribution is 5.82. The fourth-order valence-corrected chi connectivity index (χ4v) is 1.89. The van der Waals surface area contributed by atoms with Gasteiger partial charge in [0.25, 0.3) is 0 Å². The Labute approximate surface area is 121 Å². The molecule has 2 atom stereocenters. The third-order valence-electron chi connectivity index (χ3n) is 3.13. The smallest absolute Gasteiger partial charge is 0.237 e. The second-order valence-corrected chi connectivity index (χ2v) is 5.70. The van der Waals surface area contributed by atoms with E-state index >= 15 is 0 Å². The molecular formula is C16H26N2O2. The lowest BCUT2D eigenvalue weighted by molar-refractivity contribution is -0.123. The number of amides is 1. The normalized spacial score (nSPS) is 14.2. The molecule has 0 radical (unpaired) electrons. The van der Waals surface area contributed by atoms with E-state index in [1.807, 2.05) is 58.9 Å². The SMILES string of the molecule is CC(C)Oc1ccccc1C(C)NC(=O)[C@@H](N)C(C)C. The third-order valence-corrected chi connectivity index (χ3v) is 3.13. The molecule has 0 aliphatic rings. The average molecular weight is 278 g/mol. The van der Waals surface area contributed by atoms with Crippen LogP contribution in [0.1, 0.15) is 46.2 Å².